The number of hydrogen-bond acceptors (Lipinski definition) is 3. The van der Waals surface area contributed by atoms with Crippen LogP contribution >= 0.6 is 0 Å². The lowest BCUT2D eigenvalue weighted by Gasteiger charge is -2.08. The van der Waals surface area contributed by atoms with Crippen molar-refractivity contribution in [1.82, 2.24) is 25.6 Å². The smallest absolute Gasteiger partial charge is 0.316 e. The monoisotopic (exact) mass is 247 g/mol. The molecule has 1 aromatic heterocycles. The molecule has 1 heterocycles. The lowest BCUT2D eigenvalue weighted by Crippen LogP contribution is -2.38. The molecule has 2 amide bonds. The summed E-state index contributed by atoms with van der Waals surface area (Å²) in [6, 6.07) is 7.38. The highest BCUT2D eigenvalue weighted by Crippen LogP contribution is 2.06. The van der Waals surface area contributed by atoms with Crippen LogP contribution in [0.3, 0.4) is 0 Å². The number of rotatable bonds is 4. The Bertz CT molecular complexity index is 501. The highest BCUT2D eigenvalue weighted by atomic mass is 16.2. The van der Waals surface area contributed by atoms with Gasteiger partial charge in [0, 0.05) is 6.54 Å². The van der Waals surface area contributed by atoms with E-state index in [-0.39, 0.29) is 12.7 Å². The van der Waals surface area contributed by atoms with E-state index in [1.54, 1.807) is 0 Å². The number of nitrogens with zero attached hydrogens (tertiary/aromatic N) is 3. The van der Waals surface area contributed by atoms with Crippen LogP contribution in [0.25, 0.3) is 11.0 Å². The van der Waals surface area contributed by atoms with E-state index in [1.807, 2.05) is 38.1 Å². The second kappa shape index (κ2) is 5.48. The predicted octanol–water partition coefficient (Wildman–Crippen LogP) is 1.34. The van der Waals surface area contributed by atoms with Crippen LogP contribution in [0.5, 0.6) is 0 Å². The Balaban J connectivity index is 1.88. The van der Waals surface area contributed by atoms with Crippen LogP contribution in [0.1, 0.15) is 13.8 Å². The van der Waals surface area contributed by atoms with E-state index in [0.717, 1.165) is 11.0 Å². The van der Waals surface area contributed by atoms with Gasteiger partial charge in [0.25, 0.3) is 0 Å². The van der Waals surface area contributed by atoms with Crippen molar-refractivity contribution in [3.63, 3.8) is 0 Å². The van der Waals surface area contributed by atoms with Gasteiger partial charge in [-0.05, 0) is 18.1 Å². The van der Waals surface area contributed by atoms with Crippen molar-refractivity contribution < 1.29 is 4.79 Å². The van der Waals surface area contributed by atoms with Crippen LogP contribution in [0.15, 0.2) is 24.3 Å². The molecule has 6 heteroatoms. The number of aromatic nitrogens is 3. The molecule has 0 radical (unpaired) electrons. The molecular formula is C12H17N5O. The van der Waals surface area contributed by atoms with Crippen LogP contribution in [0.2, 0.25) is 0 Å². The summed E-state index contributed by atoms with van der Waals surface area (Å²) in [5, 5.41) is 14.0. The number of amides is 2. The Morgan fingerprint density at radius 2 is 1.83 bits per heavy atom. The van der Waals surface area contributed by atoms with Gasteiger partial charge >= 0.3 is 6.03 Å². The number of fused-ring (bicyclic) bond motifs is 1. The molecule has 2 N–H and O–H groups in total. The Morgan fingerprint density at radius 3 is 2.39 bits per heavy atom. The van der Waals surface area contributed by atoms with Gasteiger partial charge in [-0.1, -0.05) is 26.0 Å². The zero-order chi connectivity index (χ0) is 13.0. The summed E-state index contributed by atoms with van der Waals surface area (Å²) in [4.78, 5) is 12.9. The third-order valence-corrected chi connectivity index (χ3v) is 2.38. The molecule has 0 fully saturated rings. The Morgan fingerprint density at radius 1 is 1.22 bits per heavy atom. The standard InChI is InChI=1S/C12H17N5O/c1-9(2)7-13-12(18)14-8-17-15-10-5-3-4-6-11(10)16-17/h3-6,9H,7-8H2,1-2H3,(H2,13,14,18). The van der Waals surface area contributed by atoms with Gasteiger partial charge in [-0.3, -0.25) is 0 Å². The molecule has 0 bridgehead atoms. The molecule has 0 aliphatic rings. The minimum Gasteiger partial charge on any atom is -0.338 e. The molecule has 6 nitrogen and oxygen atoms in total. The van der Waals surface area contributed by atoms with Crippen LogP contribution in [-0.2, 0) is 6.67 Å². The van der Waals surface area contributed by atoms with Gasteiger partial charge in [0.05, 0.1) is 0 Å². The van der Waals surface area contributed by atoms with Crippen molar-refractivity contribution >= 4 is 17.1 Å². The minimum atomic E-state index is -0.204. The molecular weight excluding hydrogens is 230 g/mol. The number of hydrogen-bond donors (Lipinski definition) is 2. The van der Waals surface area contributed by atoms with Crippen molar-refractivity contribution in [1.29, 1.82) is 0 Å². The molecule has 1 aromatic carbocycles. The van der Waals surface area contributed by atoms with E-state index in [1.165, 1.54) is 4.80 Å². The zero-order valence-corrected chi connectivity index (χ0v) is 10.6. The number of carbonyl (C=O) groups excluding carboxylic acids is 1. The topological polar surface area (TPSA) is 71.8 Å². The van der Waals surface area contributed by atoms with E-state index in [9.17, 15) is 4.79 Å². The summed E-state index contributed by atoms with van der Waals surface area (Å²) < 4.78 is 0. The lowest BCUT2D eigenvalue weighted by atomic mass is 10.2. The first-order valence-electron chi connectivity index (χ1n) is 5.96. The molecule has 0 unspecified atom stereocenters. The number of carbonyl (C=O) groups is 1. The zero-order valence-electron chi connectivity index (χ0n) is 10.6. The van der Waals surface area contributed by atoms with Gasteiger partial charge < -0.3 is 10.6 Å². The van der Waals surface area contributed by atoms with Crippen LogP contribution in [0.4, 0.5) is 4.79 Å². The fourth-order valence-electron chi connectivity index (χ4n) is 1.48. The molecule has 0 spiro atoms. The van der Waals surface area contributed by atoms with Gasteiger partial charge in [0.2, 0.25) is 0 Å². The lowest BCUT2D eigenvalue weighted by molar-refractivity contribution is 0.235. The quantitative estimate of drug-likeness (QED) is 0.856. The van der Waals surface area contributed by atoms with E-state index >= 15 is 0 Å². The second-order valence-corrected chi connectivity index (χ2v) is 4.50. The fourth-order valence-corrected chi connectivity index (χ4v) is 1.48. The third kappa shape index (κ3) is 3.19. The first-order valence-corrected chi connectivity index (χ1v) is 5.96. The second-order valence-electron chi connectivity index (χ2n) is 4.50. The van der Waals surface area contributed by atoms with Crippen molar-refractivity contribution in [2.45, 2.75) is 20.5 Å². The molecule has 0 aliphatic carbocycles. The van der Waals surface area contributed by atoms with Gasteiger partial charge in [0.15, 0.2) is 0 Å². The van der Waals surface area contributed by atoms with Crippen molar-refractivity contribution in [2.75, 3.05) is 6.54 Å². The van der Waals surface area contributed by atoms with Crippen molar-refractivity contribution in [2.24, 2.45) is 5.92 Å². The van der Waals surface area contributed by atoms with E-state index < -0.39 is 0 Å². The van der Waals surface area contributed by atoms with Crippen molar-refractivity contribution in [3.05, 3.63) is 24.3 Å². The SMILES string of the molecule is CC(C)CNC(=O)NCn1nc2ccccc2n1. The van der Waals surface area contributed by atoms with E-state index in [0.29, 0.717) is 12.5 Å². The van der Waals surface area contributed by atoms with Gasteiger partial charge in [-0.25, -0.2) is 4.79 Å². The highest BCUT2D eigenvalue weighted by Gasteiger charge is 2.04. The molecule has 96 valence electrons. The average Bonchev–Trinajstić information content (AvgIpc) is 2.76. The summed E-state index contributed by atoms with van der Waals surface area (Å²) >= 11 is 0. The number of urea groups is 1. The van der Waals surface area contributed by atoms with Crippen molar-refractivity contribution in [3.8, 4) is 0 Å². The Kier molecular flexibility index (Phi) is 3.76. The molecule has 0 atom stereocenters. The summed E-state index contributed by atoms with van der Waals surface area (Å²) in [6.07, 6.45) is 0. The number of benzene rings is 1. The molecule has 2 aromatic rings. The number of nitrogens with one attached hydrogen (secondary N) is 2. The highest BCUT2D eigenvalue weighted by molar-refractivity contribution is 5.74. The summed E-state index contributed by atoms with van der Waals surface area (Å²) in [7, 11) is 0. The molecule has 2 rings (SSSR count). The van der Waals surface area contributed by atoms with Gasteiger partial charge in [-0.2, -0.15) is 15.0 Å². The maximum absolute atomic E-state index is 11.4. The third-order valence-electron chi connectivity index (χ3n) is 2.38. The fraction of sp³-hybridized carbons (Fsp3) is 0.417. The predicted molar refractivity (Wildman–Crippen MR) is 68.9 cm³/mol. The summed E-state index contributed by atoms with van der Waals surface area (Å²) in [5.41, 5.74) is 1.64. The molecule has 0 saturated carbocycles. The van der Waals surface area contributed by atoms with Crippen LogP contribution in [-0.4, -0.2) is 27.6 Å². The van der Waals surface area contributed by atoms with E-state index in [2.05, 4.69) is 20.8 Å². The largest absolute Gasteiger partial charge is 0.338 e. The van der Waals surface area contributed by atoms with Gasteiger partial charge in [-0.15, -0.1) is 0 Å². The normalized spacial score (nSPS) is 10.8. The summed E-state index contributed by atoms with van der Waals surface area (Å²) in [6.45, 7) is 5.00. The average molecular weight is 247 g/mol. The first-order chi connectivity index (χ1) is 8.65. The summed E-state index contributed by atoms with van der Waals surface area (Å²) in [5.74, 6) is 0.432. The Hall–Kier alpha value is -2.11. The molecule has 18 heavy (non-hydrogen) atoms. The Labute approximate surface area is 105 Å². The van der Waals surface area contributed by atoms with Gasteiger partial charge in [0.1, 0.15) is 17.7 Å². The first kappa shape index (κ1) is 12.3. The van der Waals surface area contributed by atoms with E-state index in [4.69, 9.17) is 0 Å². The maximum atomic E-state index is 11.4. The maximum Gasteiger partial charge on any atom is 0.316 e. The molecule has 0 saturated heterocycles. The van der Waals surface area contributed by atoms with Crippen LogP contribution in [0, 0.1) is 5.92 Å². The molecule has 0 aliphatic heterocycles. The minimum absolute atomic E-state index is 0.204. The van der Waals surface area contributed by atoms with Crippen LogP contribution < -0.4 is 10.6 Å².